The maximum absolute atomic E-state index is 13.2. The zero-order valence-electron chi connectivity index (χ0n) is 21.2. The van der Waals surface area contributed by atoms with Crippen LogP contribution in [0.3, 0.4) is 0 Å². The molecule has 0 aromatic heterocycles. The number of fused-ring (bicyclic) bond motifs is 2. The van der Waals surface area contributed by atoms with Crippen molar-refractivity contribution in [3.63, 3.8) is 0 Å². The van der Waals surface area contributed by atoms with Crippen LogP contribution in [-0.2, 0) is 9.59 Å². The first-order chi connectivity index (χ1) is 14.8. The molecule has 0 aromatic carbocycles. The Morgan fingerprint density at radius 2 is 1.00 bits per heavy atom. The molecule has 0 amide bonds. The summed E-state index contributed by atoms with van der Waals surface area (Å²) in [5.41, 5.74) is -0.517. The Balaban J connectivity index is 1.57. The maximum atomic E-state index is 13.2. The molecule has 0 heterocycles. The summed E-state index contributed by atoms with van der Waals surface area (Å²) in [5, 5.41) is 21.4. The van der Waals surface area contributed by atoms with Gasteiger partial charge in [-0.05, 0) is 84.9 Å². The summed E-state index contributed by atoms with van der Waals surface area (Å²) in [6.07, 6.45) is 7.28. The predicted molar refractivity (Wildman–Crippen MR) is 126 cm³/mol. The Kier molecular flexibility index (Phi) is 6.02. The third-order valence-corrected chi connectivity index (χ3v) is 11.5. The minimum atomic E-state index is -0.301. The lowest BCUT2D eigenvalue weighted by atomic mass is 9.45. The van der Waals surface area contributed by atoms with Crippen LogP contribution in [0.2, 0.25) is 0 Å². The molecule has 4 rings (SSSR count). The Morgan fingerprint density at radius 1 is 0.656 bits per heavy atom. The monoisotopic (exact) mass is 446 g/mol. The van der Waals surface area contributed by atoms with Crippen LogP contribution in [-0.4, -0.2) is 34.0 Å². The smallest absolute Gasteiger partial charge is 0.136 e. The van der Waals surface area contributed by atoms with Gasteiger partial charge in [0.25, 0.3) is 0 Å². The van der Waals surface area contributed by atoms with Crippen LogP contribution >= 0.6 is 0 Å². The third kappa shape index (κ3) is 3.45. The van der Waals surface area contributed by atoms with Crippen LogP contribution in [0.5, 0.6) is 0 Å². The number of Topliss-reactive ketones (excluding diaryl/α,β-unsaturated/α-hetero) is 2. The van der Waals surface area contributed by atoms with Crippen molar-refractivity contribution in [1.29, 1.82) is 0 Å². The van der Waals surface area contributed by atoms with E-state index in [0.717, 1.165) is 51.4 Å². The third-order valence-electron chi connectivity index (χ3n) is 11.5. The van der Waals surface area contributed by atoms with Crippen molar-refractivity contribution in [2.24, 2.45) is 45.3 Å². The van der Waals surface area contributed by atoms with Gasteiger partial charge in [0.15, 0.2) is 0 Å². The largest absolute Gasteiger partial charge is 0.393 e. The van der Waals surface area contributed by atoms with Gasteiger partial charge >= 0.3 is 0 Å². The van der Waals surface area contributed by atoms with Crippen molar-refractivity contribution in [2.75, 3.05) is 0 Å². The molecule has 0 saturated heterocycles. The fourth-order valence-corrected chi connectivity index (χ4v) is 9.36. The highest BCUT2D eigenvalue weighted by Gasteiger charge is 2.59. The van der Waals surface area contributed by atoms with E-state index in [4.69, 9.17) is 0 Å². The first-order valence-electron chi connectivity index (χ1n) is 13.2. The summed E-state index contributed by atoms with van der Waals surface area (Å²) in [5.74, 6) is 1.42. The van der Waals surface area contributed by atoms with Crippen LogP contribution in [0.1, 0.15) is 106 Å². The van der Waals surface area contributed by atoms with Crippen LogP contribution in [0.15, 0.2) is 0 Å². The number of hydrogen-bond acceptors (Lipinski definition) is 4. The summed E-state index contributed by atoms with van der Waals surface area (Å²) in [6.45, 7) is 13.3. The van der Waals surface area contributed by atoms with Gasteiger partial charge < -0.3 is 10.2 Å². The summed E-state index contributed by atoms with van der Waals surface area (Å²) < 4.78 is 0. The summed E-state index contributed by atoms with van der Waals surface area (Å²) in [7, 11) is 0. The molecule has 4 aliphatic carbocycles. The first-order valence-corrected chi connectivity index (χ1v) is 13.2. The van der Waals surface area contributed by atoms with Gasteiger partial charge in [-0.3, -0.25) is 9.59 Å². The van der Waals surface area contributed by atoms with Crippen molar-refractivity contribution in [3.8, 4) is 0 Å². The van der Waals surface area contributed by atoms with Gasteiger partial charge in [0.1, 0.15) is 11.6 Å². The van der Waals surface area contributed by atoms with Crippen LogP contribution in [0.25, 0.3) is 0 Å². The molecule has 8 atom stereocenters. The van der Waals surface area contributed by atoms with E-state index in [1.165, 1.54) is 0 Å². The van der Waals surface area contributed by atoms with Crippen molar-refractivity contribution < 1.29 is 19.8 Å². The molecule has 0 bridgehead atoms. The van der Waals surface area contributed by atoms with E-state index < -0.39 is 0 Å². The zero-order chi connectivity index (χ0) is 23.7. The van der Waals surface area contributed by atoms with Gasteiger partial charge in [-0.2, -0.15) is 0 Å². The number of carbonyl (C=O) groups excluding carboxylic acids is 2. The van der Waals surface area contributed by atoms with Crippen molar-refractivity contribution in [3.05, 3.63) is 0 Å². The van der Waals surface area contributed by atoms with E-state index in [2.05, 4.69) is 41.5 Å². The average molecular weight is 447 g/mol. The normalized spacial score (nSPS) is 48.1. The number of carbonyl (C=O) groups is 2. The molecule has 182 valence electrons. The molecule has 4 fully saturated rings. The lowest BCUT2D eigenvalue weighted by Gasteiger charge is -2.59. The Labute approximate surface area is 194 Å². The molecule has 0 aliphatic heterocycles. The molecule has 4 nitrogen and oxygen atoms in total. The second kappa shape index (κ2) is 7.90. The molecule has 4 heteroatoms. The van der Waals surface area contributed by atoms with Crippen LogP contribution < -0.4 is 0 Å². The number of ketones is 2. The van der Waals surface area contributed by atoms with Crippen molar-refractivity contribution in [2.45, 2.75) is 118 Å². The quantitative estimate of drug-likeness (QED) is 0.614. The van der Waals surface area contributed by atoms with E-state index in [0.29, 0.717) is 36.2 Å². The van der Waals surface area contributed by atoms with E-state index in [-0.39, 0.29) is 45.7 Å². The summed E-state index contributed by atoms with van der Waals surface area (Å²) in [6, 6.07) is 0. The Hall–Kier alpha value is -0.740. The van der Waals surface area contributed by atoms with E-state index in [1.807, 2.05) is 0 Å². The number of hydrogen-bond donors (Lipinski definition) is 2. The minimum absolute atomic E-state index is 0.00741. The molecule has 2 N–H and O–H groups in total. The molecule has 4 saturated carbocycles. The fraction of sp³-hybridized carbons (Fsp3) is 0.929. The van der Waals surface area contributed by atoms with Gasteiger partial charge in [0.2, 0.25) is 0 Å². The van der Waals surface area contributed by atoms with Gasteiger partial charge in [0, 0.05) is 24.7 Å². The number of aliphatic hydroxyl groups is 2. The van der Waals surface area contributed by atoms with E-state index in [9.17, 15) is 19.8 Å². The standard InChI is InChI=1S/C28H46O4/c1-25(2)21-11-9-19(29)17(27(21,5)15-13-23(25)31)7-8-18-20(30)10-12-22-26(3,4)24(32)14-16-28(18,22)6/h17-18,21-24,31-32H,7-16H2,1-6H3. The van der Waals surface area contributed by atoms with Crippen molar-refractivity contribution in [1.82, 2.24) is 0 Å². The first kappa shape index (κ1) is 24.4. The molecule has 0 spiro atoms. The van der Waals surface area contributed by atoms with Gasteiger partial charge in [-0.15, -0.1) is 0 Å². The summed E-state index contributed by atoms with van der Waals surface area (Å²) >= 11 is 0. The molecule has 0 radical (unpaired) electrons. The number of aliphatic hydroxyl groups excluding tert-OH is 2. The van der Waals surface area contributed by atoms with Gasteiger partial charge in [-0.25, -0.2) is 0 Å². The number of rotatable bonds is 3. The Morgan fingerprint density at radius 3 is 1.34 bits per heavy atom. The van der Waals surface area contributed by atoms with E-state index in [1.54, 1.807) is 0 Å². The highest BCUT2D eigenvalue weighted by Crippen LogP contribution is 2.62. The van der Waals surface area contributed by atoms with Gasteiger partial charge in [-0.1, -0.05) is 41.5 Å². The minimum Gasteiger partial charge on any atom is -0.393 e. The predicted octanol–water partition coefficient (Wildman–Crippen LogP) is 5.33. The summed E-state index contributed by atoms with van der Waals surface area (Å²) in [4.78, 5) is 26.5. The maximum Gasteiger partial charge on any atom is 0.136 e. The molecule has 32 heavy (non-hydrogen) atoms. The van der Waals surface area contributed by atoms with Crippen LogP contribution in [0, 0.1) is 45.3 Å². The lowest BCUT2D eigenvalue weighted by molar-refractivity contribution is -0.166. The molecule has 4 aliphatic rings. The second-order valence-electron chi connectivity index (χ2n) is 13.6. The SMILES string of the molecule is CC1(C)C(O)CCC2(C)C(CCC3C(=O)CCC4C(C)(C)C(O)CCC34C)C(=O)CCC12. The molecular weight excluding hydrogens is 400 g/mol. The topological polar surface area (TPSA) is 74.6 Å². The average Bonchev–Trinajstić information content (AvgIpc) is 2.69. The highest BCUT2D eigenvalue weighted by molar-refractivity contribution is 5.84. The van der Waals surface area contributed by atoms with Crippen molar-refractivity contribution >= 4 is 11.6 Å². The Bertz CT molecular complexity index is 705. The van der Waals surface area contributed by atoms with Crippen LogP contribution in [0.4, 0.5) is 0 Å². The zero-order valence-corrected chi connectivity index (χ0v) is 21.2. The fourth-order valence-electron chi connectivity index (χ4n) is 9.36. The van der Waals surface area contributed by atoms with E-state index >= 15 is 0 Å². The second-order valence-corrected chi connectivity index (χ2v) is 13.6. The molecular formula is C28H46O4. The van der Waals surface area contributed by atoms with Gasteiger partial charge in [0.05, 0.1) is 12.2 Å². The molecule has 0 aromatic rings. The lowest BCUT2D eigenvalue weighted by Crippen LogP contribution is -2.57. The molecule has 8 unspecified atom stereocenters. The highest BCUT2D eigenvalue weighted by atomic mass is 16.3.